The van der Waals surface area contributed by atoms with Crippen LogP contribution < -0.4 is 9.47 Å². The van der Waals surface area contributed by atoms with Gasteiger partial charge in [0.1, 0.15) is 11.5 Å². The Bertz CT molecular complexity index is 628. The Morgan fingerprint density at radius 1 is 0.792 bits per heavy atom. The number of ether oxygens (including phenoxy) is 2. The molecule has 0 radical (unpaired) electrons. The Balaban J connectivity index is 2.39. The second-order valence-electron chi connectivity index (χ2n) is 5.97. The molecule has 130 valence electrons. The van der Waals surface area contributed by atoms with Gasteiger partial charge in [-0.1, -0.05) is 49.2 Å². The second-order valence-corrected chi connectivity index (χ2v) is 6.78. The predicted octanol–water partition coefficient (Wildman–Crippen LogP) is 6.58. The molecule has 0 aliphatic rings. The van der Waals surface area contributed by atoms with Gasteiger partial charge in [-0.2, -0.15) is 0 Å². The first kappa shape index (κ1) is 19.0. The zero-order chi connectivity index (χ0) is 17.7. The average Bonchev–Trinajstić information content (AvgIpc) is 2.52. The fourth-order valence-corrected chi connectivity index (χ4v) is 3.42. The Morgan fingerprint density at radius 2 is 1.21 bits per heavy atom. The maximum absolute atomic E-state index is 6.37. The lowest BCUT2D eigenvalue weighted by Gasteiger charge is -2.23. The third kappa shape index (κ3) is 4.37. The van der Waals surface area contributed by atoms with Crippen LogP contribution in [0, 0.1) is 5.92 Å². The monoisotopic (exact) mass is 366 g/mol. The molecule has 0 bridgehead atoms. The lowest BCUT2D eigenvalue weighted by Crippen LogP contribution is -2.09. The van der Waals surface area contributed by atoms with Crippen LogP contribution in [0.1, 0.15) is 44.7 Å². The van der Waals surface area contributed by atoms with Gasteiger partial charge in [0.2, 0.25) is 0 Å². The molecule has 0 fully saturated rings. The van der Waals surface area contributed by atoms with Crippen LogP contribution in [0.2, 0.25) is 10.0 Å². The highest BCUT2D eigenvalue weighted by molar-refractivity contribution is 6.32. The minimum absolute atomic E-state index is 0.200. The van der Waals surface area contributed by atoms with E-state index in [1.54, 1.807) is 0 Å². The van der Waals surface area contributed by atoms with E-state index in [0.717, 1.165) is 22.6 Å². The van der Waals surface area contributed by atoms with E-state index < -0.39 is 0 Å². The van der Waals surface area contributed by atoms with Crippen LogP contribution in [0.5, 0.6) is 11.5 Å². The summed E-state index contributed by atoms with van der Waals surface area (Å²) in [5.74, 6) is 2.03. The summed E-state index contributed by atoms with van der Waals surface area (Å²) < 4.78 is 11.1. The molecule has 4 heteroatoms. The van der Waals surface area contributed by atoms with Gasteiger partial charge in [0.15, 0.2) is 0 Å². The molecule has 0 aromatic heterocycles. The fourth-order valence-electron chi connectivity index (χ4n) is 2.93. The van der Waals surface area contributed by atoms with E-state index in [1.165, 1.54) is 0 Å². The molecular formula is C20H24Cl2O2. The van der Waals surface area contributed by atoms with Gasteiger partial charge in [0, 0.05) is 5.92 Å². The molecule has 0 spiro atoms. The van der Waals surface area contributed by atoms with Gasteiger partial charge in [0.05, 0.1) is 23.3 Å². The number of halogens is 2. The van der Waals surface area contributed by atoms with E-state index in [4.69, 9.17) is 32.7 Å². The number of rotatable bonds is 7. The Labute approximate surface area is 154 Å². The molecule has 0 atom stereocenters. The van der Waals surface area contributed by atoms with Crippen molar-refractivity contribution >= 4 is 23.2 Å². The largest absolute Gasteiger partial charge is 0.492 e. The molecule has 2 nitrogen and oxygen atoms in total. The van der Waals surface area contributed by atoms with Crippen LogP contribution in [-0.4, -0.2) is 13.2 Å². The minimum atomic E-state index is 0.200. The second kappa shape index (κ2) is 8.64. The normalized spacial score (nSPS) is 11.2. The molecule has 0 amide bonds. The van der Waals surface area contributed by atoms with E-state index in [9.17, 15) is 0 Å². The van der Waals surface area contributed by atoms with E-state index in [-0.39, 0.29) is 5.92 Å². The van der Waals surface area contributed by atoms with Crippen molar-refractivity contribution in [3.63, 3.8) is 0 Å². The van der Waals surface area contributed by atoms with Crippen LogP contribution in [-0.2, 0) is 0 Å². The quantitative estimate of drug-likeness (QED) is 0.550. The van der Waals surface area contributed by atoms with Gasteiger partial charge in [0.25, 0.3) is 0 Å². The standard InChI is InChI=1S/C20H24Cl2O2/c1-5-23-18-9-7-14(11-16(18)21)20(13(3)4)15-8-10-19(24-6-2)17(22)12-15/h7-13,20H,5-6H2,1-4H3. The smallest absolute Gasteiger partial charge is 0.137 e. The first-order valence-electron chi connectivity index (χ1n) is 8.32. The third-order valence-corrected chi connectivity index (χ3v) is 4.49. The molecule has 0 aliphatic heterocycles. The van der Waals surface area contributed by atoms with E-state index >= 15 is 0 Å². The maximum atomic E-state index is 6.37. The van der Waals surface area contributed by atoms with E-state index in [0.29, 0.717) is 29.2 Å². The summed E-state index contributed by atoms with van der Waals surface area (Å²) in [6.45, 7) is 9.48. The molecule has 2 aromatic carbocycles. The first-order valence-corrected chi connectivity index (χ1v) is 9.08. The van der Waals surface area contributed by atoms with Gasteiger partial charge in [-0.3, -0.25) is 0 Å². The molecule has 0 saturated carbocycles. The van der Waals surface area contributed by atoms with Gasteiger partial charge < -0.3 is 9.47 Å². The zero-order valence-corrected chi connectivity index (χ0v) is 16.1. The first-order chi connectivity index (χ1) is 11.5. The number of hydrogen-bond acceptors (Lipinski definition) is 2. The van der Waals surface area contributed by atoms with Crippen molar-refractivity contribution in [2.75, 3.05) is 13.2 Å². The molecule has 0 N–H and O–H groups in total. The molecule has 2 aromatic rings. The molecule has 0 saturated heterocycles. The summed E-state index contributed by atoms with van der Waals surface area (Å²) in [7, 11) is 0. The highest BCUT2D eigenvalue weighted by Crippen LogP contribution is 2.38. The van der Waals surface area contributed by atoms with Crippen molar-refractivity contribution in [2.24, 2.45) is 5.92 Å². The predicted molar refractivity (Wildman–Crippen MR) is 102 cm³/mol. The molecule has 0 unspecified atom stereocenters. The molecule has 0 aliphatic carbocycles. The van der Waals surface area contributed by atoms with Gasteiger partial charge >= 0.3 is 0 Å². The van der Waals surface area contributed by atoms with Gasteiger partial charge in [-0.15, -0.1) is 0 Å². The average molecular weight is 367 g/mol. The van der Waals surface area contributed by atoms with Crippen molar-refractivity contribution in [3.8, 4) is 11.5 Å². The van der Waals surface area contributed by atoms with Gasteiger partial charge in [-0.05, 0) is 55.2 Å². The van der Waals surface area contributed by atoms with Crippen LogP contribution in [0.3, 0.4) is 0 Å². The Kier molecular flexibility index (Phi) is 6.82. The van der Waals surface area contributed by atoms with Crippen molar-refractivity contribution in [2.45, 2.75) is 33.6 Å². The van der Waals surface area contributed by atoms with Crippen LogP contribution in [0.15, 0.2) is 36.4 Å². The Morgan fingerprint density at radius 3 is 1.50 bits per heavy atom. The zero-order valence-electron chi connectivity index (χ0n) is 14.6. The summed E-state index contributed by atoms with van der Waals surface area (Å²) >= 11 is 12.7. The van der Waals surface area contributed by atoms with Crippen LogP contribution in [0.25, 0.3) is 0 Å². The van der Waals surface area contributed by atoms with Crippen molar-refractivity contribution in [1.82, 2.24) is 0 Å². The third-order valence-electron chi connectivity index (χ3n) is 3.90. The lowest BCUT2D eigenvalue weighted by molar-refractivity contribution is 0.340. The molecular weight excluding hydrogens is 343 g/mol. The summed E-state index contributed by atoms with van der Waals surface area (Å²) in [6, 6.07) is 12.0. The van der Waals surface area contributed by atoms with Crippen LogP contribution >= 0.6 is 23.2 Å². The maximum Gasteiger partial charge on any atom is 0.137 e. The number of hydrogen-bond donors (Lipinski definition) is 0. The summed E-state index contributed by atoms with van der Waals surface area (Å²) in [6.07, 6.45) is 0. The van der Waals surface area contributed by atoms with Crippen LogP contribution in [0.4, 0.5) is 0 Å². The fraction of sp³-hybridized carbons (Fsp3) is 0.400. The summed E-state index contributed by atoms with van der Waals surface area (Å²) in [4.78, 5) is 0. The molecule has 0 heterocycles. The molecule has 2 rings (SSSR count). The topological polar surface area (TPSA) is 18.5 Å². The highest BCUT2D eigenvalue weighted by Gasteiger charge is 2.20. The van der Waals surface area contributed by atoms with Crippen molar-refractivity contribution in [1.29, 1.82) is 0 Å². The Hall–Kier alpha value is -1.38. The summed E-state index contributed by atoms with van der Waals surface area (Å²) in [5, 5.41) is 1.27. The minimum Gasteiger partial charge on any atom is -0.492 e. The van der Waals surface area contributed by atoms with Crippen molar-refractivity contribution in [3.05, 3.63) is 57.6 Å². The lowest BCUT2D eigenvalue weighted by atomic mass is 9.82. The summed E-state index contributed by atoms with van der Waals surface area (Å²) in [5.41, 5.74) is 2.30. The molecule has 24 heavy (non-hydrogen) atoms. The van der Waals surface area contributed by atoms with E-state index in [1.807, 2.05) is 38.1 Å². The highest BCUT2D eigenvalue weighted by atomic mass is 35.5. The SMILES string of the molecule is CCOc1ccc(C(c2ccc(OCC)c(Cl)c2)C(C)C)cc1Cl. The van der Waals surface area contributed by atoms with Crippen molar-refractivity contribution < 1.29 is 9.47 Å². The number of benzene rings is 2. The van der Waals surface area contributed by atoms with Gasteiger partial charge in [-0.25, -0.2) is 0 Å². The van der Waals surface area contributed by atoms with E-state index in [2.05, 4.69) is 26.0 Å².